The molecule has 0 saturated carbocycles. The quantitative estimate of drug-likeness (QED) is 0.396. The van der Waals surface area contributed by atoms with Gasteiger partial charge in [-0.05, 0) is 0 Å². The lowest BCUT2D eigenvalue weighted by molar-refractivity contribution is 0.404. The van der Waals surface area contributed by atoms with Crippen LogP contribution in [0.2, 0.25) is 0 Å². The molecular weight excluding hydrogens is 250 g/mol. The molecule has 0 aromatic rings. The van der Waals surface area contributed by atoms with E-state index in [1.165, 1.54) is 4.90 Å². The highest BCUT2D eigenvalue weighted by Gasteiger charge is 2.32. The third-order valence-corrected chi connectivity index (χ3v) is 4.73. The summed E-state index contributed by atoms with van der Waals surface area (Å²) in [6.07, 6.45) is 1.15. The number of nitrogens with two attached hydrogens (primary N) is 2. The molecule has 1 unspecified atom stereocenters. The molecule has 1 aliphatic heterocycles. The van der Waals surface area contributed by atoms with Crippen LogP contribution in [0.4, 0.5) is 0 Å². The van der Waals surface area contributed by atoms with Crippen LogP contribution in [0, 0.1) is 5.41 Å². The van der Waals surface area contributed by atoms with Gasteiger partial charge in [-0.3, -0.25) is 5.41 Å². The van der Waals surface area contributed by atoms with E-state index < -0.39 is 15.2 Å². The van der Waals surface area contributed by atoms with Crippen molar-refractivity contribution in [2.45, 2.75) is 5.37 Å². The van der Waals surface area contributed by atoms with Gasteiger partial charge in [-0.15, -0.1) is 0 Å². The minimum Gasteiger partial charge on any atom is -0.370 e. The van der Waals surface area contributed by atoms with Crippen molar-refractivity contribution in [1.29, 1.82) is 5.41 Å². The molecule has 1 atom stereocenters. The van der Waals surface area contributed by atoms with Gasteiger partial charge in [0, 0.05) is 24.3 Å². The number of rotatable bonds is 1. The molecule has 1 heterocycles. The summed E-state index contributed by atoms with van der Waals surface area (Å²) in [7, 11) is -3.24. The number of guanidine groups is 2. The first-order valence-corrected chi connectivity index (χ1v) is 7.64. The molecule has 0 aromatic carbocycles. The van der Waals surface area contributed by atoms with Gasteiger partial charge in [0.2, 0.25) is 5.96 Å². The Hall–Kier alpha value is -0.960. The molecule has 0 spiro atoms. The number of hydrogen-bond donors (Lipinski definition) is 3. The highest BCUT2D eigenvalue weighted by atomic mass is 32.2. The van der Waals surface area contributed by atoms with Crippen molar-refractivity contribution in [1.82, 2.24) is 4.90 Å². The molecule has 7 nitrogen and oxygen atoms in total. The number of sulfone groups is 1. The van der Waals surface area contributed by atoms with Gasteiger partial charge in [0.15, 0.2) is 15.8 Å². The first-order chi connectivity index (χ1) is 7.32. The molecule has 0 aromatic heterocycles. The fraction of sp³-hybridized carbons (Fsp3) is 0.714. The standard InChI is InChI=1S/C7H15N5O2S2/c1-16(13,14)5-4-15-3-2-12(5)7(10)11-6(8)9/h5H,2-4H2,1H3,(H5,8,9,10,11). The zero-order valence-corrected chi connectivity index (χ0v) is 10.5. The molecule has 1 fully saturated rings. The molecule has 1 rings (SSSR count). The maximum absolute atomic E-state index is 11.5. The Balaban J connectivity index is 2.91. The summed E-state index contributed by atoms with van der Waals surface area (Å²) >= 11 is 1.54. The number of thioether (sulfide) groups is 1. The van der Waals surface area contributed by atoms with Crippen LogP contribution in [0.15, 0.2) is 4.99 Å². The van der Waals surface area contributed by atoms with Gasteiger partial charge in [0.1, 0.15) is 5.37 Å². The second-order valence-corrected chi connectivity index (χ2v) is 6.77. The topological polar surface area (TPSA) is 126 Å². The van der Waals surface area contributed by atoms with Crippen molar-refractivity contribution < 1.29 is 8.42 Å². The van der Waals surface area contributed by atoms with Crippen molar-refractivity contribution in [3.63, 3.8) is 0 Å². The van der Waals surface area contributed by atoms with Crippen LogP contribution >= 0.6 is 11.8 Å². The molecule has 0 aliphatic carbocycles. The highest BCUT2D eigenvalue weighted by molar-refractivity contribution is 8.00. The summed E-state index contributed by atoms with van der Waals surface area (Å²) in [6, 6.07) is 0. The van der Waals surface area contributed by atoms with Gasteiger partial charge in [-0.1, -0.05) is 0 Å². The van der Waals surface area contributed by atoms with E-state index in [2.05, 4.69) is 4.99 Å². The lowest BCUT2D eigenvalue weighted by Gasteiger charge is -2.34. The Morgan fingerprint density at radius 1 is 1.56 bits per heavy atom. The van der Waals surface area contributed by atoms with E-state index in [9.17, 15) is 8.42 Å². The second kappa shape index (κ2) is 4.91. The fourth-order valence-corrected chi connectivity index (χ4v) is 4.18. The SMILES string of the molecule is CS(=O)(=O)C1CSCCN1C(=N)N=C(N)N. The van der Waals surface area contributed by atoms with Crippen molar-refractivity contribution in [2.75, 3.05) is 24.3 Å². The zero-order chi connectivity index (χ0) is 12.3. The van der Waals surface area contributed by atoms with Crippen LogP contribution < -0.4 is 11.5 Å². The first-order valence-electron chi connectivity index (χ1n) is 4.54. The van der Waals surface area contributed by atoms with Gasteiger partial charge in [-0.2, -0.15) is 16.8 Å². The van der Waals surface area contributed by atoms with Crippen molar-refractivity contribution in [3.05, 3.63) is 0 Å². The molecule has 1 saturated heterocycles. The molecule has 16 heavy (non-hydrogen) atoms. The highest BCUT2D eigenvalue weighted by Crippen LogP contribution is 2.20. The van der Waals surface area contributed by atoms with Crippen molar-refractivity contribution in [3.8, 4) is 0 Å². The minimum atomic E-state index is -3.24. The fourth-order valence-electron chi connectivity index (χ4n) is 1.36. The molecule has 1 aliphatic rings. The Morgan fingerprint density at radius 2 is 2.19 bits per heavy atom. The van der Waals surface area contributed by atoms with Crippen LogP contribution in [-0.4, -0.2) is 54.9 Å². The van der Waals surface area contributed by atoms with Crippen LogP contribution in [0.25, 0.3) is 0 Å². The van der Waals surface area contributed by atoms with Crippen molar-refractivity contribution in [2.24, 2.45) is 16.5 Å². The van der Waals surface area contributed by atoms with Crippen LogP contribution in [-0.2, 0) is 9.84 Å². The summed E-state index contributed by atoms with van der Waals surface area (Å²) in [6.45, 7) is 0.456. The summed E-state index contributed by atoms with van der Waals surface area (Å²) in [5, 5.41) is 6.91. The predicted octanol–water partition coefficient (Wildman–Crippen LogP) is -1.39. The third kappa shape index (κ3) is 3.27. The van der Waals surface area contributed by atoms with E-state index >= 15 is 0 Å². The monoisotopic (exact) mass is 265 g/mol. The predicted molar refractivity (Wildman–Crippen MR) is 66.2 cm³/mol. The van der Waals surface area contributed by atoms with E-state index in [1.807, 2.05) is 0 Å². The maximum atomic E-state index is 11.5. The smallest absolute Gasteiger partial charge is 0.222 e. The molecular formula is C7H15N5O2S2. The van der Waals surface area contributed by atoms with E-state index in [1.54, 1.807) is 11.8 Å². The Labute approximate surface area is 98.7 Å². The van der Waals surface area contributed by atoms with Gasteiger partial charge in [-0.25, -0.2) is 8.42 Å². The average Bonchev–Trinajstić information content (AvgIpc) is 2.15. The molecule has 0 radical (unpaired) electrons. The second-order valence-electron chi connectivity index (χ2n) is 3.41. The maximum Gasteiger partial charge on any atom is 0.222 e. The Bertz CT molecular complexity index is 401. The average molecular weight is 265 g/mol. The molecule has 92 valence electrons. The minimum absolute atomic E-state index is 0.198. The number of aliphatic imine (C=N–C) groups is 1. The summed E-state index contributed by atoms with van der Waals surface area (Å²) < 4.78 is 23.0. The van der Waals surface area contributed by atoms with E-state index in [0.29, 0.717) is 12.3 Å². The first kappa shape index (κ1) is 13.1. The lowest BCUT2D eigenvalue weighted by atomic mass is 10.5. The molecule has 5 N–H and O–H groups in total. The zero-order valence-electron chi connectivity index (χ0n) is 8.88. The largest absolute Gasteiger partial charge is 0.370 e. The van der Waals surface area contributed by atoms with E-state index in [0.717, 1.165) is 12.0 Å². The number of nitrogens with one attached hydrogen (secondary N) is 1. The Kier molecular flexibility index (Phi) is 4.03. The molecule has 0 bridgehead atoms. The number of hydrogen-bond acceptors (Lipinski definition) is 4. The van der Waals surface area contributed by atoms with Crippen LogP contribution in [0.3, 0.4) is 0 Å². The molecule has 9 heteroatoms. The van der Waals surface area contributed by atoms with Crippen LogP contribution in [0.1, 0.15) is 0 Å². The number of nitrogens with zero attached hydrogens (tertiary/aromatic N) is 2. The van der Waals surface area contributed by atoms with E-state index in [4.69, 9.17) is 16.9 Å². The lowest BCUT2D eigenvalue weighted by Crippen LogP contribution is -2.49. The van der Waals surface area contributed by atoms with E-state index in [-0.39, 0.29) is 11.9 Å². The Morgan fingerprint density at radius 3 is 2.69 bits per heavy atom. The van der Waals surface area contributed by atoms with Gasteiger partial charge in [0.25, 0.3) is 0 Å². The van der Waals surface area contributed by atoms with Gasteiger partial charge < -0.3 is 16.4 Å². The van der Waals surface area contributed by atoms with Crippen LogP contribution in [0.5, 0.6) is 0 Å². The summed E-state index contributed by atoms with van der Waals surface area (Å²) in [5.41, 5.74) is 10.3. The van der Waals surface area contributed by atoms with Gasteiger partial charge in [0.05, 0.1) is 0 Å². The van der Waals surface area contributed by atoms with Crippen molar-refractivity contribution >= 4 is 33.5 Å². The third-order valence-electron chi connectivity index (χ3n) is 2.09. The molecule has 0 amide bonds. The summed E-state index contributed by atoms with van der Waals surface area (Å²) in [4.78, 5) is 4.98. The van der Waals surface area contributed by atoms with Gasteiger partial charge >= 0.3 is 0 Å². The normalized spacial score (nSPS) is 21.6. The summed E-state index contributed by atoms with van der Waals surface area (Å²) in [5.74, 6) is 0.751.